The predicted molar refractivity (Wildman–Crippen MR) is 81.5 cm³/mol. The molecule has 0 unspecified atom stereocenters. The van der Waals surface area contributed by atoms with Crippen molar-refractivity contribution in [1.82, 2.24) is 4.72 Å². The molecule has 0 aliphatic rings. The minimum absolute atomic E-state index is 0.260. The maximum atomic E-state index is 12.0. The average molecular weight is 316 g/mol. The van der Waals surface area contributed by atoms with Gasteiger partial charge in [-0.25, -0.2) is 13.1 Å². The van der Waals surface area contributed by atoms with E-state index in [1.807, 2.05) is 0 Å². The first-order valence-corrected chi connectivity index (χ1v) is 8.44. The molecule has 0 heterocycles. The van der Waals surface area contributed by atoms with Gasteiger partial charge in [0.15, 0.2) is 0 Å². The summed E-state index contributed by atoms with van der Waals surface area (Å²) in [6, 6.07) is 6.58. The lowest BCUT2D eigenvalue weighted by atomic mass is 10.2. The normalized spacial score (nSPS) is 11.7. The van der Waals surface area contributed by atoms with E-state index in [4.69, 9.17) is 15.2 Å². The van der Waals surface area contributed by atoms with Gasteiger partial charge in [-0.1, -0.05) is 12.1 Å². The highest BCUT2D eigenvalue weighted by molar-refractivity contribution is 7.89. The minimum Gasteiger partial charge on any atom is -0.382 e. The Hall–Kier alpha value is -0.990. The number of unbranched alkanes of at least 4 members (excludes halogenated alkanes) is 1. The minimum atomic E-state index is -3.44. The third-order valence-electron chi connectivity index (χ3n) is 2.91. The molecule has 0 aliphatic carbocycles. The zero-order valence-corrected chi connectivity index (χ0v) is 13.2. The van der Waals surface area contributed by atoms with Crippen molar-refractivity contribution in [1.29, 1.82) is 0 Å². The molecule has 0 atom stereocenters. The molecule has 3 N–H and O–H groups in total. The Morgan fingerprint density at radius 2 is 1.81 bits per heavy atom. The van der Waals surface area contributed by atoms with Crippen LogP contribution < -0.4 is 10.5 Å². The maximum Gasteiger partial charge on any atom is 0.240 e. The Bertz CT molecular complexity index is 488. The number of sulfonamides is 1. The second-order valence-corrected chi connectivity index (χ2v) is 6.33. The molecule has 0 saturated carbocycles. The second-order valence-electron chi connectivity index (χ2n) is 4.56. The Morgan fingerprint density at radius 3 is 2.43 bits per heavy atom. The molecule has 0 radical (unpaired) electrons. The summed E-state index contributed by atoms with van der Waals surface area (Å²) in [5.41, 5.74) is 6.39. The number of rotatable bonds is 11. The van der Waals surface area contributed by atoms with E-state index >= 15 is 0 Å². The Balaban J connectivity index is 2.26. The van der Waals surface area contributed by atoms with E-state index in [1.54, 1.807) is 31.4 Å². The van der Waals surface area contributed by atoms with Crippen LogP contribution in [0.3, 0.4) is 0 Å². The van der Waals surface area contributed by atoms with Crippen LogP contribution >= 0.6 is 0 Å². The van der Waals surface area contributed by atoms with Gasteiger partial charge < -0.3 is 15.2 Å². The molecular formula is C14H24N2O4S. The highest BCUT2D eigenvalue weighted by atomic mass is 32.2. The van der Waals surface area contributed by atoms with E-state index in [0.717, 1.165) is 18.4 Å². The van der Waals surface area contributed by atoms with Crippen molar-refractivity contribution >= 4 is 10.0 Å². The van der Waals surface area contributed by atoms with Gasteiger partial charge in [-0.3, -0.25) is 0 Å². The Labute approximate surface area is 126 Å². The molecule has 6 nitrogen and oxygen atoms in total. The molecule has 0 fully saturated rings. The van der Waals surface area contributed by atoms with Gasteiger partial charge in [0.2, 0.25) is 10.0 Å². The lowest BCUT2D eigenvalue weighted by molar-refractivity contribution is 0.0689. The molecule has 0 spiro atoms. The van der Waals surface area contributed by atoms with E-state index in [2.05, 4.69) is 4.72 Å². The summed E-state index contributed by atoms with van der Waals surface area (Å²) >= 11 is 0. The third kappa shape index (κ3) is 7.01. The topological polar surface area (TPSA) is 90.6 Å². The number of benzene rings is 1. The van der Waals surface area contributed by atoms with Gasteiger partial charge in [-0.15, -0.1) is 0 Å². The summed E-state index contributed by atoms with van der Waals surface area (Å²) < 4.78 is 36.8. The molecule has 21 heavy (non-hydrogen) atoms. The molecule has 0 saturated heterocycles. The van der Waals surface area contributed by atoms with Crippen molar-refractivity contribution in [3.63, 3.8) is 0 Å². The number of methoxy groups -OCH3 is 1. The summed E-state index contributed by atoms with van der Waals surface area (Å²) in [7, 11) is -1.82. The van der Waals surface area contributed by atoms with Crippen molar-refractivity contribution < 1.29 is 17.9 Å². The fourth-order valence-corrected chi connectivity index (χ4v) is 2.74. The highest BCUT2D eigenvalue weighted by Gasteiger charge is 2.12. The number of ether oxygens (including phenoxy) is 2. The van der Waals surface area contributed by atoms with Crippen molar-refractivity contribution in [2.75, 3.05) is 33.5 Å². The summed E-state index contributed by atoms with van der Waals surface area (Å²) in [6.07, 6.45) is 1.53. The molecule has 120 valence electrons. The van der Waals surface area contributed by atoms with Gasteiger partial charge in [0.1, 0.15) is 0 Å². The van der Waals surface area contributed by atoms with Crippen LogP contribution in [-0.4, -0.2) is 41.9 Å². The van der Waals surface area contributed by atoms with Crippen LogP contribution in [0.5, 0.6) is 0 Å². The zero-order valence-electron chi connectivity index (χ0n) is 12.4. The van der Waals surface area contributed by atoms with Crippen LogP contribution in [0.25, 0.3) is 0 Å². The molecule has 0 aromatic heterocycles. The number of nitrogens with one attached hydrogen (secondary N) is 1. The van der Waals surface area contributed by atoms with E-state index in [9.17, 15) is 8.42 Å². The number of hydrogen-bond acceptors (Lipinski definition) is 5. The predicted octanol–water partition coefficient (Wildman–Crippen LogP) is 0.867. The average Bonchev–Trinajstić information content (AvgIpc) is 2.50. The van der Waals surface area contributed by atoms with E-state index in [1.165, 1.54) is 0 Å². The van der Waals surface area contributed by atoms with Gasteiger partial charge in [0, 0.05) is 26.8 Å². The lowest BCUT2D eigenvalue weighted by Crippen LogP contribution is -2.25. The van der Waals surface area contributed by atoms with Crippen LogP contribution in [0, 0.1) is 0 Å². The smallest absolute Gasteiger partial charge is 0.240 e. The molecule has 0 amide bonds. The Morgan fingerprint density at radius 1 is 1.10 bits per heavy atom. The standard InChI is InChI=1S/C14H24N2O4S/c1-19-10-11-20-9-3-2-8-16-21(17,18)14-6-4-13(12-15)5-7-14/h4-7,16H,2-3,8-12,15H2,1H3. The zero-order chi connectivity index (χ0) is 15.6. The van der Waals surface area contributed by atoms with Crippen LogP contribution in [-0.2, 0) is 26.0 Å². The third-order valence-corrected chi connectivity index (χ3v) is 4.39. The van der Waals surface area contributed by atoms with Gasteiger partial charge >= 0.3 is 0 Å². The van der Waals surface area contributed by atoms with Crippen LogP contribution in [0.4, 0.5) is 0 Å². The van der Waals surface area contributed by atoms with Gasteiger partial charge in [-0.05, 0) is 30.5 Å². The summed E-state index contributed by atoms with van der Waals surface area (Å²) in [4.78, 5) is 0.260. The second kappa shape index (κ2) is 9.86. The van der Waals surface area contributed by atoms with Crippen molar-refractivity contribution in [2.24, 2.45) is 5.73 Å². The lowest BCUT2D eigenvalue weighted by Gasteiger charge is -2.07. The largest absolute Gasteiger partial charge is 0.382 e. The first-order chi connectivity index (χ1) is 10.1. The molecule has 1 aromatic rings. The van der Waals surface area contributed by atoms with Crippen molar-refractivity contribution in [3.05, 3.63) is 29.8 Å². The quantitative estimate of drug-likeness (QED) is 0.591. The molecule has 0 aliphatic heterocycles. The first kappa shape index (κ1) is 18.1. The Kier molecular flexibility index (Phi) is 8.48. The summed E-state index contributed by atoms with van der Waals surface area (Å²) in [5.74, 6) is 0. The summed E-state index contributed by atoms with van der Waals surface area (Å²) in [6.45, 7) is 2.54. The molecular weight excluding hydrogens is 292 g/mol. The summed E-state index contributed by atoms with van der Waals surface area (Å²) in [5, 5.41) is 0. The molecule has 0 bridgehead atoms. The first-order valence-electron chi connectivity index (χ1n) is 6.95. The SMILES string of the molecule is COCCOCCCCNS(=O)(=O)c1ccc(CN)cc1. The van der Waals surface area contributed by atoms with Gasteiger partial charge in [0.25, 0.3) is 0 Å². The maximum absolute atomic E-state index is 12.0. The van der Waals surface area contributed by atoms with Gasteiger partial charge in [-0.2, -0.15) is 0 Å². The number of hydrogen-bond donors (Lipinski definition) is 2. The fourth-order valence-electron chi connectivity index (χ4n) is 1.67. The van der Waals surface area contributed by atoms with Crippen molar-refractivity contribution in [2.45, 2.75) is 24.3 Å². The highest BCUT2D eigenvalue weighted by Crippen LogP contribution is 2.10. The van der Waals surface area contributed by atoms with Crippen molar-refractivity contribution in [3.8, 4) is 0 Å². The van der Waals surface area contributed by atoms with Gasteiger partial charge in [0.05, 0.1) is 18.1 Å². The van der Waals surface area contributed by atoms with E-state index < -0.39 is 10.0 Å². The van der Waals surface area contributed by atoms with Crippen LogP contribution in [0.2, 0.25) is 0 Å². The monoisotopic (exact) mass is 316 g/mol. The fraction of sp³-hybridized carbons (Fsp3) is 0.571. The van der Waals surface area contributed by atoms with E-state index in [0.29, 0.717) is 32.9 Å². The molecule has 1 aromatic carbocycles. The molecule has 1 rings (SSSR count). The molecule has 7 heteroatoms. The number of nitrogens with two attached hydrogens (primary N) is 1. The van der Waals surface area contributed by atoms with E-state index in [-0.39, 0.29) is 4.90 Å². The van der Waals surface area contributed by atoms with Crippen LogP contribution in [0.15, 0.2) is 29.2 Å². The van der Waals surface area contributed by atoms with Crippen LogP contribution in [0.1, 0.15) is 18.4 Å².